The number of ketones is 1. The molecule has 0 fully saturated rings. The Kier molecular flexibility index (Phi) is 4.72. The molecule has 4 nitrogen and oxygen atoms in total. The molecule has 0 spiro atoms. The van der Waals surface area contributed by atoms with Crippen LogP contribution in [0.25, 0.3) is 0 Å². The average molecular weight is 284 g/mol. The van der Waals surface area contributed by atoms with Crippen LogP contribution in [0.1, 0.15) is 29.3 Å². The predicted molar refractivity (Wildman–Crippen MR) is 78.9 cm³/mol. The maximum atomic E-state index is 11.5. The van der Waals surface area contributed by atoms with Gasteiger partial charge < -0.3 is 9.84 Å². The molecular formula is C17H16O4. The van der Waals surface area contributed by atoms with Gasteiger partial charge in [-0.1, -0.05) is 19.1 Å². The summed E-state index contributed by atoms with van der Waals surface area (Å²) in [4.78, 5) is 22.2. The van der Waals surface area contributed by atoms with Gasteiger partial charge in [-0.3, -0.25) is 9.59 Å². The van der Waals surface area contributed by atoms with Crippen molar-refractivity contribution in [1.29, 1.82) is 0 Å². The molecule has 0 aliphatic heterocycles. The van der Waals surface area contributed by atoms with E-state index in [0.29, 0.717) is 29.0 Å². The van der Waals surface area contributed by atoms with Crippen LogP contribution in [0.2, 0.25) is 0 Å². The number of carbonyl (C=O) groups is 2. The Morgan fingerprint density at radius 1 is 1.05 bits per heavy atom. The highest BCUT2D eigenvalue weighted by atomic mass is 16.5. The fraction of sp³-hybridized carbons (Fsp3) is 0.176. The zero-order valence-corrected chi connectivity index (χ0v) is 11.7. The summed E-state index contributed by atoms with van der Waals surface area (Å²) < 4.78 is 5.66. The Balaban J connectivity index is 2.11. The van der Waals surface area contributed by atoms with E-state index in [1.807, 2.05) is 6.92 Å². The van der Waals surface area contributed by atoms with Crippen LogP contribution in [-0.2, 0) is 11.2 Å². The molecule has 0 saturated carbocycles. The number of rotatable bonds is 6. The van der Waals surface area contributed by atoms with E-state index in [9.17, 15) is 9.59 Å². The average Bonchev–Trinajstić information content (AvgIpc) is 2.47. The Bertz CT molecular complexity index is 644. The molecule has 0 aliphatic rings. The molecule has 4 heteroatoms. The van der Waals surface area contributed by atoms with Crippen molar-refractivity contribution in [3.05, 3.63) is 59.7 Å². The molecule has 0 heterocycles. The number of hydrogen-bond acceptors (Lipinski definition) is 3. The number of benzene rings is 2. The minimum Gasteiger partial charge on any atom is -0.481 e. The van der Waals surface area contributed by atoms with Crippen LogP contribution in [0.4, 0.5) is 0 Å². The Labute approximate surface area is 123 Å². The monoisotopic (exact) mass is 284 g/mol. The number of carbonyl (C=O) groups excluding carboxylic acids is 1. The van der Waals surface area contributed by atoms with Gasteiger partial charge in [-0.05, 0) is 42.0 Å². The molecule has 1 N–H and O–H groups in total. The Morgan fingerprint density at radius 2 is 1.76 bits per heavy atom. The van der Waals surface area contributed by atoms with E-state index in [-0.39, 0.29) is 12.2 Å². The van der Waals surface area contributed by atoms with Gasteiger partial charge >= 0.3 is 5.97 Å². The lowest BCUT2D eigenvalue weighted by molar-refractivity contribution is -0.136. The molecule has 108 valence electrons. The van der Waals surface area contributed by atoms with Crippen molar-refractivity contribution < 1.29 is 19.4 Å². The summed E-state index contributed by atoms with van der Waals surface area (Å²) in [6.07, 6.45) is 0.429. The van der Waals surface area contributed by atoms with Crippen LogP contribution in [-0.4, -0.2) is 16.9 Å². The third-order valence-electron chi connectivity index (χ3n) is 2.99. The van der Waals surface area contributed by atoms with E-state index >= 15 is 0 Å². The molecule has 0 aliphatic carbocycles. The Morgan fingerprint density at radius 3 is 2.38 bits per heavy atom. The van der Waals surface area contributed by atoms with Crippen LogP contribution in [0.15, 0.2) is 48.5 Å². The third kappa shape index (κ3) is 4.18. The minimum atomic E-state index is -0.880. The number of hydrogen-bond donors (Lipinski definition) is 1. The predicted octanol–water partition coefficient (Wildman–Crippen LogP) is 3.70. The summed E-state index contributed by atoms with van der Waals surface area (Å²) in [5.41, 5.74) is 1.34. The second-order valence-corrected chi connectivity index (χ2v) is 4.62. The number of carboxylic acid groups (broad SMARTS) is 1. The highest BCUT2D eigenvalue weighted by Gasteiger charge is 2.05. The first-order valence-corrected chi connectivity index (χ1v) is 6.70. The largest absolute Gasteiger partial charge is 0.481 e. The van der Waals surface area contributed by atoms with Crippen molar-refractivity contribution in [3.63, 3.8) is 0 Å². The van der Waals surface area contributed by atoms with Crippen molar-refractivity contribution in [2.75, 3.05) is 0 Å². The minimum absolute atomic E-state index is 0.0405. The smallest absolute Gasteiger partial charge is 0.307 e. The van der Waals surface area contributed by atoms with E-state index in [4.69, 9.17) is 9.84 Å². The number of ether oxygens (including phenoxy) is 1. The first kappa shape index (κ1) is 14.8. The first-order chi connectivity index (χ1) is 10.1. The van der Waals surface area contributed by atoms with E-state index in [0.717, 1.165) is 0 Å². The highest BCUT2D eigenvalue weighted by Crippen LogP contribution is 2.23. The van der Waals surface area contributed by atoms with Crippen LogP contribution in [0.5, 0.6) is 11.5 Å². The summed E-state index contributed by atoms with van der Waals surface area (Å²) in [5.74, 6) is 0.387. The molecule has 2 aromatic rings. The second kappa shape index (κ2) is 6.70. The van der Waals surface area contributed by atoms with Crippen LogP contribution < -0.4 is 4.74 Å². The molecule has 0 saturated heterocycles. The van der Waals surface area contributed by atoms with Crippen LogP contribution in [0.3, 0.4) is 0 Å². The molecule has 0 aromatic heterocycles. The normalized spacial score (nSPS) is 10.1. The van der Waals surface area contributed by atoms with E-state index < -0.39 is 5.97 Å². The highest BCUT2D eigenvalue weighted by molar-refractivity contribution is 5.95. The molecule has 0 atom stereocenters. The molecule has 0 unspecified atom stereocenters. The van der Waals surface area contributed by atoms with Crippen molar-refractivity contribution in [3.8, 4) is 11.5 Å². The lowest BCUT2D eigenvalue weighted by Crippen LogP contribution is -2.00. The van der Waals surface area contributed by atoms with Crippen LogP contribution >= 0.6 is 0 Å². The van der Waals surface area contributed by atoms with Crippen molar-refractivity contribution >= 4 is 11.8 Å². The van der Waals surface area contributed by atoms with Gasteiger partial charge in [-0.2, -0.15) is 0 Å². The van der Waals surface area contributed by atoms with Crippen molar-refractivity contribution in [2.45, 2.75) is 19.8 Å². The fourth-order valence-corrected chi connectivity index (χ4v) is 1.94. The summed E-state index contributed by atoms with van der Waals surface area (Å²) in [7, 11) is 0. The summed E-state index contributed by atoms with van der Waals surface area (Å²) >= 11 is 0. The topological polar surface area (TPSA) is 63.6 Å². The van der Waals surface area contributed by atoms with E-state index in [1.165, 1.54) is 0 Å². The van der Waals surface area contributed by atoms with Gasteiger partial charge in [0.1, 0.15) is 11.5 Å². The molecule has 0 radical (unpaired) electrons. The van der Waals surface area contributed by atoms with Gasteiger partial charge in [-0.15, -0.1) is 0 Å². The lowest BCUT2D eigenvalue weighted by Gasteiger charge is -2.07. The molecule has 2 rings (SSSR count). The SMILES string of the molecule is CCC(=O)c1ccc(Oc2cccc(CC(=O)O)c2)cc1. The fourth-order valence-electron chi connectivity index (χ4n) is 1.94. The van der Waals surface area contributed by atoms with Gasteiger partial charge in [0.05, 0.1) is 6.42 Å². The maximum Gasteiger partial charge on any atom is 0.307 e. The number of Topliss-reactive ketones (excluding diaryl/α,β-unsaturated/α-hetero) is 1. The summed E-state index contributed by atoms with van der Waals surface area (Å²) in [5, 5.41) is 8.78. The van der Waals surface area contributed by atoms with Crippen molar-refractivity contribution in [2.24, 2.45) is 0 Å². The van der Waals surface area contributed by atoms with Gasteiger partial charge in [-0.25, -0.2) is 0 Å². The van der Waals surface area contributed by atoms with Gasteiger partial charge in [0.25, 0.3) is 0 Å². The van der Waals surface area contributed by atoms with Gasteiger partial charge in [0.2, 0.25) is 0 Å². The zero-order chi connectivity index (χ0) is 15.2. The Hall–Kier alpha value is -2.62. The molecular weight excluding hydrogens is 268 g/mol. The van der Waals surface area contributed by atoms with Crippen LogP contribution in [0, 0.1) is 0 Å². The molecule has 0 amide bonds. The molecule has 0 bridgehead atoms. The second-order valence-electron chi connectivity index (χ2n) is 4.62. The summed E-state index contributed by atoms with van der Waals surface area (Å²) in [6, 6.07) is 13.9. The molecule has 2 aromatic carbocycles. The third-order valence-corrected chi connectivity index (χ3v) is 2.99. The number of carboxylic acids is 1. The molecule has 21 heavy (non-hydrogen) atoms. The van der Waals surface area contributed by atoms with E-state index in [1.54, 1.807) is 48.5 Å². The zero-order valence-electron chi connectivity index (χ0n) is 11.7. The maximum absolute atomic E-state index is 11.5. The van der Waals surface area contributed by atoms with Gasteiger partial charge in [0, 0.05) is 12.0 Å². The number of aliphatic carboxylic acids is 1. The lowest BCUT2D eigenvalue weighted by atomic mass is 10.1. The van der Waals surface area contributed by atoms with Gasteiger partial charge in [0.15, 0.2) is 5.78 Å². The van der Waals surface area contributed by atoms with E-state index in [2.05, 4.69) is 0 Å². The van der Waals surface area contributed by atoms with Crippen molar-refractivity contribution in [1.82, 2.24) is 0 Å². The summed E-state index contributed by atoms with van der Waals surface area (Å²) in [6.45, 7) is 1.82. The first-order valence-electron chi connectivity index (χ1n) is 6.70. The standard InChI is InChI=1S/C17H16O4/c1-2-16(18)13-6-8-14(9-7-13)21-15-5-3-4-12(10-15)11-17(19)20/h3-10H,2,11H2,1H3,(H,19,20). The quantitative estimate of drug-likeness (QED) is 0.821.